The highest BCUT2D eigenvalue weighted by Gasteiger charge is 2.54. The van der Waals surface area contributed by atoms with Gasteiger partial charge in [-0.05, 0) is 30.5 Å². The lowest BCUT2D eigenvalue weighted by molar-refractivity contribution is -0.273. The molecule has 1 saturated heterocycles. The van der Waals surface area contributed by atoms with Crippen LogP contribution in [0.1, 0.15) is 28.8 Å². The third kappa shape index (κ3) is 2.92. The van der Waals surface area contributed by atoms with Crippen molar-refractivity contribution in [2.24, 2.45) is 0 Å². The van der Waals surface area contributed by atoms with Crippen molar-refractivity contribution in [1.82, 2.24) is 9.80 Å². The molecule has 0 unspecified atom stereocenters. The Balaban J connectivity index is 1.62. The summed E-state index contributed by atoms with van der Waals surface area (Å²) in [7, 11) is 0. The van der Waals surface area contributed by atoms with Crippen molar-refractivity contribution in [3.63, 3.8) is 0 Å². The summed E-state index contributed by atoms with van der Waals surface area (Å²) in [5.41, 5.74) is -1.64. The van der Waals surface area contributed by atoms with Crippen molar-refractivity contribution in [3.8, 4) is 0 Å². The maximum absolute atomic E-state index is 13.2. The first-order chi connectivity index (χ1) is 10.7. The highest BCUT2D eigenvalue weighted by atomic mass is 19.4. The Morgan fingerprint density at radius 3 is 2.48 bits per heavy atom. The molecule has 0 aliphatic carbocycles. The van der Waals surface area contributed by atoms with Gasteiger partial charge in [-0.3, -0.25) is 9.69 Å². The average Bonchev–Trinajstić information content (AvgIpc) is 2.77. The van der Waals surface area contributed by atoms with Gasteiger partial charge >= 0.3 is 6.18 Å². The topological polar surface area (TPSA) is 43.8 Å². The summed E-state index contributed by atoms with van der Waals surface area (Å²) in [6, 6.07) is 4.00. The molecule has 2 aliphatic heterocycles. The maximum atomic E-state index is 13.2. The van der Waals surface area contributed by atoms with Gasteiger partial charge in [0.15, 0.2) is 5.60 Å². The molecule has 0 spiro atoms. The SMILES string of the molecule is O=C1c2cc(F)ccc2CN1CN1CCC(O)(C(F)(F)F)CC1. The number of hydrogen-bond donors (Lipinski definition) is 1. The number of amides is 1. The fourth-order valence-corrected chi connectivity index (χ4v) is 3.04. The number of likely N-dealkylation sites (tertiary alicyclic amines) is 1. The molecule has 1 fully saturated rings. The van der Waals surface area contributed by atoms with Crippen LogP contribution in [0.3, 0.4) is 0 Å². The molecule has 126 valence electrons. The highest BCUT2D eigenvalue weighted by Crippen LogP contribution is 2.38. The number of fused-ring (bicyclic) bond motifs is 1. The number of carbonyl (C=O) groups excluding carboxylic acids is 1. The molecule has 0 saturated carbocycles. The fourth-order valence-electron chi connectivity index (χ4n) is 3.04. The first-order valence-corrected chi connectivity index (χ1v) is 7.29. The summed E-state index contributed by atoms with van der Waals surface area (Å²) in [4.78, 5) is 15.4. The summed E-state index contributed by atoms with van der Waals surface area (Å²) in [6.45, 7) is 0.576. The third-order valence-electron chi connectivity index (χ3n) is 4.53. The number of hydrogen-bond acceptors (Lipinski definition) is 3. The smallest absolute Gasteiger partial charge is 0.380 e. The Labute approximate surface area is 130 Å². The second-order valence-corrected chi connectivity index (χ2v) is 6.09. The number of piperidine rings is 1. The van der Waals surface area contributed by atoms with E-state index in [-0.39, 0.29) is 25.7 Å². The standard InChI is InChI=1S/C15H16F4N2O2/c16-11-2-1-10-8-21(13(22)12(10)7-11)9-20-5-3-14(23,4-6-20)15(17,18)19/h1-2,7,23H,3-6,8-9H2. The van der Waals surface area contributed by atoms with Crippen molar-refractivity contribution in [1.29, 1.82) is 0 Å². The van der Waals surface area contributed by atoms with E-state index in [1.165, 1.54) is 17.0 Å². The number of nitrogens with zero attached hydrogens (tertiary/aromatic N) is 2. The first-order valence-electron chi connectivity index (χ1n) is 7.29. The van der Waals surface area contributed by atoms with Gasteiger partial charge in [0.25, 0.3) is 5.91 Å². The minimum absolute atomic E-state index is 0.0461. The number of carbonyl (C=O) groups is 1. The van der Waals surface area contributed by atoms with Crippen LogP contribution in [0.4, 0.5) is 17.6 Å². The lowest BCUT2D eigenvalue weighted by Crippen LogP contribution is -2.54. The van der Waals surface area contributed by atoms with Crippen LogP contribution in [0.5, 0.6) is 0 Å². The van der Waals surface area contributed by atoms with E-state index < -0.39 is 30.4 Å². The van der Waals surface area contributed by atoms with E-state index >= 15 is 0 Å². The van der Waals surface area contributed by atoms with Crippen molar-refractivity contribution in [2.75, 3.05) is 19.8 Å². The average molecular weight is 332 g/mol. The van der Waals surface area contributed by atoms with Gasteiger partial charge in [0.2, 0.25) is 0 Å². The van der Waals surface area contributed by atoms with Crippen LogP contribution in [0.25, 0.3) is 0 Å². The van der Waals surface area contributed by atoms with E-state index in [0.29, 0.717) is 17.7 Å². The molecule has 0 bridgehead atoms. The molecule has 2 aliphatic rings. The van der Waals surface area contributed by atoms with Gasteiger partial charge in [-0.15, -0.1) is 0 Å². The van der Waals surface area contributed by atoms with Crippen molar-refractivity contribution < 1.29 is 27.5 Å². The van der Waals surface area contributed by atoms with Crippen molar-refractivity contribution in [2.45, 2.75) is 31.2 Å². The molecule has 3 rings (SSSR count). The Hall–Kier alpha value is -1.67. The Kier molecular flexibility index (Phi) is 3.84. The van der Waals surface area contributed by atoms with E-state index in [1.807, 2.05) is 0 Å². The van der Waals surface area contributed by atoms with Gasteiger partial charge in [-0.1, -0.05) is 6.07 Å². The lowest BCUT2D eigenvalue weighted by atomic mass is 9.91. The number of rotatable bonds is 2. The summed E-state index contributed by atoms with van der Waals surface area (Å²) < 4.78 is 51.5. The largest absolute Gasteiger partial charge is 0.417 e. The van der Waals surface area contributed by atoms with Crippen LogP contribution in [0, 0.1) is 5.82 Å². The lowest BCUT2D eigenvalue weighted by Gasteiger charge is -2.40. The van der Waals surface area contributed by atoms with E-state index in [2.05, 4.69) is 0 Å². The minimum atomic E-state index is -4.64. The summed E-state index contributed by atoms with van der Waals surface area (Å²) in [5.74, 6) is -0.816. The van der Waals surface area contributed by atoms with E-state index in [4.69, 9.17) is 0 Å². The number of benzene rings is 1. The number of halogens is 4. The monoisotopic (exact) mass is 332 g/mol. The molecule has 1 aromatic carbocycles. The van der Waals surface area contributed by atoms with Crippen LogP contribution in [-0.4, -0.2) is 52.3 Å². The molecule has 4 nitrogen and oxygen atoms in total. The molecule has 2 heterocycles. The van der Waals surface area contributed by atoms with Crippen molar-refractivity contribution in [3.05, 3.63) is 35.1 Å². The Morgan fingerprint density at radius 1 is 1.22 bits per heavy atom. The van der Waals surface area contributed by atoms with Crippen LogP contribution in [0.2, 0.25) is 0 Å². The Bertz CT molecular complexity index is 624. The normalized spacial score (nSPS) is 21.6. The molecule has 0 atom stereocenters. The second kappa shape index (κ2) is 5.45. The quantitative estimate of drug-likeness (QED) is 0.844. The molecule has 1 amide bonds. The van der Waals surface area contributed by atoms with E-state index in [1.54, 1.807) is 11.0 Å². The predicted octanol–water partition coefficient (Wildman–Crippen LogP) is 2.13. The van der Waals surface area contributed by atoms with Gasteiger partial charge in [0.05, 0.1) is 6.67 Å². The zero-order valence-corrected chi connectivity index (χ0v) is 12.2. The number of aliphatic hydroxyl groups is 1. The van der Waals surface area contributed by atoms with E-state index in [0.717, 1.165) is 0 Å². The minimum Gasteiger partial charge on any atom is -0.380 e. The zero-order chi connectivity index (χ0) is 16.8. The molecule has 23 heavy (non-hydrogen) atoms. The molecular weight excluding hydrogens is 316 g/mol. The molecule has 1 aromatic rings. The van der Waals surface area contributed by atoms with Crippen LogP contribution in [-0.2, 0) is 6.54 Å². The van der Waals surface area contributed by atoms with Gasteiger partial charge < -0.3 is 10.0 Å². The highest BCUT2D eigenvalue weighted by molar-refractivity contribution is 5.98. The maximum Gasteiger partial charge on any atom is 0.417 e. The molecule has 0 aromatic heterocycles. The molecular formula is C15H16F4N2O2. The van der Waals surface area contributed by atoms with Gasteiger partial charge in [-0.2, -0.15) is 13.2 Å². The second-order valence-electron chi connectivity index (χ2n) is 6.09. The first kappa shape index (κ1) is 16.2. The van der Waals surface area contributed by atoms with Crippen LogP contribution >= 0.6 is 0 Å². The Morgan fingerprint density at radius 2 is 1.87 bits per heavy atom. The van der Waals surface area contributed by atoms with E-state index in [9.17, 15) is 27.5 Å². The third-order valence-corrected chi connectivity index (χ3v) is 4.53. The summed E-state index contributed by atoms with van der Waals surface area (Å²) >= 11 is 0. The molecule has 1 N–H and O–H groups in total. The predicted molar refractivity (Wildman–Crippen MR) is 73.0 cm³/mol. The van der Waals surface area contributed by atoms with Crippen LogP contribution < -0.4 is 0 Å². The molecule has 0 radical (unpaired) electrons. The molecule has 8 heteroatoms. The van der Waals surface area contributed by atoms with Crippen molar-refractivity contribution >= 4 is 5.91 Å². The van der Waals surface area contributed by atoms with Crippen LogP contribution in [0.15, 0.2) is 18.2 Å². The number of alkyl halides is 3. The van der Waals surface area contributed by atoms with Gasteiger partial charge in [-0.25, -0.2) is 4.39 Å². The van der Waals surface area contributed by atoms with Gasteiger partial charge in [0, 0.05) is 25.2 Å². The zero-order valence-electron chi connectivity index (χ0n) is 12.2. The summed E-state index contributed by atoms with van der Waals surface area (Å²) in [5, 5.41) is 9.64. The summed E-state index contributed by atoms with van der Waals surface area (Å²) in [6.07, 6.45) is -5.48. The fraction of sp³-hybridized carbons (Fsp3) is 0.533. The van der Waals surface area contributed by atoms with Gasteiger partial charge in [0.1, 0.15) is 5.82 Å².